The molecule has 7 heteroatoms. The Morgan fingerprint density at radius 2 is 1.52 bits per heavy atom. The van der Waals surface area contributed by atoms with Gasteiger partial charge >= 0.3 is 0 Å². The summed E-state index contributed by atoms with van der Waals surface area (Å²) in [6.07, 6.45) is 0. The van der Waals surface area contributed by atoms with Crippen LogP contribution >= 0.6 is 12.2 Å². The lowest BCUT2D eigenvalue weighted by Crippen LogP contribution is -2.34. The highest BCUT2D eigenvalue weighted by Gasteiger charge is 2.37. The number of rotatable bonds is 5. The second kappa shape index (κ2) is 7.84. The molecule has 2 aromatic carbocycles. The van der Waals surface area contributed by atoms with Gasteiger partial charge in [0.25, 0.3) is 5.91 Å². The van der Waals surface area contributed by atoms with Gasteiger partial charge in [-0.3, -0.25) is 9.69 Å². The highest BCUT2D eigenvalue weighted by molar-refractivity contribution is 7.80. The second-order valence-electron chi connectivity index (χ2n) is 6.97. The fraction of sp³-hybridized carbons (Fsp3) is 0.300. The number of carbonyl (C=O) groups excluding carboxylic acids is 1. The predicted octanol–water partition coefficient (Wildman–Crippen LogP) is 4.41. The average Bonchev–Trinajstić information content (AvgIpc) is 2.95. The lowest BCUT2D eigenvalue weighted by molar-refractivity contribution is -0.119. The van der Waals surface area contributed by atoms with Crippen LogP contribution in [0.3, 0.4) is 0 Å². The maximum absolute atomic E-state index is 12.6. The molecule has 0 bridgehead atoms. The van der Waals surface area contributed by atoms with Crippen molar-refractivity contribution in [3.05, 3.63) is 48.5 Å². The Hall–Kier alpha value is -2.80. The smallest absolute Gasteiger partial charge is 0.256 e. The molecule has 0 saturated carbocycles. The molecule has 0 radical (unpaired) electrons. The first-order chi connectivity index (χ1) is 12.9. The minimum Gasteiger partial charge on any atom is -0.378 e. The molecular formula is C20H23N5OS. The van der Waals surface area contributed by atoms with Gasteiger partial charge in [0.05, 0.1) is 17.1 Å². The monoisotopic (exact) mass is 381 g/mol. The van der Waals surface area contributed by atoms with Gasteiger partial charge in [-0.2, -0.15) is 10.2 Å². The van der Waals surface area contributed by atoms with Crippen molar-refractivity contribution >= 4 is 46.0 Å². The number of carbonyl (C=O) groups is 1. The summed E-state index contributed by atoms with van der Waals surface area (Å²) in [4.78, 5) is 16.1. The average molecular weight is 382 g/mol. The first kappa shape index (κ1) is 19.0. The Kier molecular flexibility index (Phi) is 5.51. The first-order valence-corrected chi connectivity index (χ1v) is 9.21. The Bertz CT molecular complexity index is 859. The number of azo groups is 1. The molecule has 6 nitrogen and oxygen atoms in total. The number of benzene rings is 2. The zero-order chi connectivity index (χ0) is 19.6. The van der Waals surface area contributed by atoms with Crippen LogP contribution < -0.4 is 15.1 Å². The Morgan fingerprint density at radius 3 is 1.96 bits per heavy atom. The van der Waals surface area contributed by atoms with E-state index in [2.05, 4.69) is 15.5 Å². The molecule has 3 rings (SSSR count). The van der Waals surface area contributed by atoms with Crippen LogP contribution in [0.25, 0.3) is 0 Å². The van der Waals surface area contributed by atoms with Crippen molar-refractivity contribution in [3.63, 3.8) is 0 Å². The third kappa shape index (κ3) is 4.14. The molecule has 0 aliphatic carbocycles. The SMILES string of the molecule is CC(C)C1NC(=S)N(c2ccc(N=Nc3ccc(N(C)C)cc3)cc2)C1=O. The third-order valence-corrected chi connectivity index (χ3v) is 4.69. The van der Waals surface area contributed by atoms with Crippen molar-refractivity contribution in [1.29, 1.82) is 0 Å². The van der Waals surface area contributed by atoms with E-state index in [-0.39, 0.29) is 17.9 Å². The van der Waals surface area contributed by atoms with E-state index in [0.29, 0.717) is 10.8 Å². The molecule has 1 fully saturated rings. The Morgan fingerprint density at radius 1 is 1.00 bits per heavy atom. The fourth-order valence-electron chi connectivity index (χ4n) is 2.80. The number of amides is 1. The summed E-state index contributed by atoms with van der Waals surface area (Å²) in [7, 11) is 3.99. The molecule has 140 valence electrons. The van der Waals surface area contributed by atoms with Crippen LogP contribution in [0.15, 0.2) is 58.8 Å². The van der Waals surface area contributed by atoms with Crippen LogP contribution in [0, 0.1) is 5.92 Å². The second-order valence-corrected chi connectivity index (χ2v) is 7.36. The van der Waals surface area contributed by atoms with Crippen LogP contribution in [0.5, 0.6) is 0 Å². The minimum atomic E-state index is -0.276. The summed E-state index contributed by atoms with van der Waals surface area (Å²) in [6.45, 7) is 3.99. The van der Waals surface area contributed by atoms with Gasteiger partial charge in [-0.25, -0.2) is 0 Å². The highest BCUT2D eigenvalue weighted by atomic mass is 32.1. The number of nitrogens with zero attached hydrogens (tertiary/aromatic N) is 4. The van der Waals surface area contributed by atoms with Crippen molar-refractivity contribution in [1.82, 2.24) is 5.32 Å². The standard InChI is InChI=1S/C20H23N5OS/c1-13(2)18-19(26)25(20(27)21-18)17-11-7-15(8-12-17)23-22-14-5-9-16(10-6-14)24(3)4/h5-13,18H,1-4H3,(H,21,27). The molecule has 1 atom stereocenters. The lowest BCUT2D eigenvalue weighted by Gasteiger charge is -2.15. The van der Waals surface area contributed by atoms with E-state index in [1.807, 2.05) is 81.4 Å². The molecule has 1 aliphatic rings. The Balaban J connectivity index is 1.72. The molecule has 2 aromatic rings. The normalized spacial score (nSPS) is 17.1. The van der Waals surface area contributed by atoms with E-state index in [9.17, 15) is 4.79 Å². The minimum absolute atomic E-state index is 0.0228. The van der Waals surface area contributed by atoms with Gasteiger partial charge in [-0.05, 0) is 66.7 Å². The quantitative estimate of drug-likeness (QED) is 0.615. The van der Waals surface area contributed by atoms with E-state index in [4.69, 9.17) is 12.2 Å². The topological polar surface area (TPSA) is 60.3 Å². The molecule has 1 saturated heterocycles. The number of anilines is 2. The summed E-state index contributed by atoms with van der Waals surface area (Å²) in [5.41, 5.74) is 3.33. The van der Waals surface area contributed by atoms with E-state index >= 15 is 0 Å². The van der Waals surface area contributed by atoms with Gasteiger partial charge in [0.2, 0.25) is 0 Å². The van der Waals surface area contributed by atoms with Gasteiger partial charge in [0.1, 0.15) is 6.04 Å². The van der Waals surface area contributed by atoms with Crippen molar-refractivity contribution in [2.75, 3.05) is 23.9 Å². The zero-order valence-corrected chi connectivity index (χ0v) is 16.7. The maximum atomic E-state index is 12.6. The molecule has 27 heavy (non-hydrogen) atoms. The predicted molar refractivity (Wildman–Crippen MR) is 113 cm³/mol. The summed E-state index contributed by atoms with van der Waals surface area (Å²) >= 11 is 5.32. The van der Waals surface area contributed by atoms with Crippen LogP contribution in [0.1, 0.15) is 13.8 Å². The molecule has 1 unspecified atom stereocenters. The molecule has 0 spiro atoms. The zero-order valence-electron chi connectivity index (χ0n) is 15.9. The molecule has 0 aromatic heterocycles. The first-order valence-electron chi connectivity index (χ1n) is 8.80. The van der Waals surface area contributed by atoms with Crippen LogP contribution in [-0.2, 0) is 4.79 Å². The lowest BCUT2D eigenvalue weighted by atomic mass is 10.0. The van der Waals surface area contributed by atoms with Crippen LogP contribution in [0.4, 0.5) is 22.7 Å². The number of thiocarbonyl (C=S) groups is 1. The molecular weight excluding hydrogens is 358 g/mol. The maximum Gasteiger partial charge on any atom is 0.256 e. The summed E-state index contributed by atoms with van der Waals surface area (Å²) < 4.78 is 0. The van der Waals surface area contributed by atoms with Crippen LogP contribution in [-0.4, -0.2) is 31.2 Å². The van der Waals surface area contributed by atoms with Gasteiger partial charge in [-0.1, -0.05) is 13.8 Å². The number of hydrogen-bond donors (Lipinski definition) is 1. The highest BCUT2D eigenvalue weighted by Crippen LogP contribution is 2.26. The van der Waals surface area contributed by atoms with Gasteiger partial charge in [0, 0.05) is 19.8 Å². The van der Waals surface area contributed by atoms with E-state index in [1.165, 1.54) is 0 Å². The third-order valence-electron chi connectivity index (χ3n) is 4.39. The van der Waals surface area contributed by atoms with Crippen LogP contribution in [0.2, 0.25) is 0 Å². The van der Waals surface area contributed by atoms with E-state index in [0.717, 1.165) is 17.1 Å². The molecule has 1 heterocycles. The summed E-state index contributed by atoms with van der Waals surface area (Å²) in [6, 6.07) is 14.9. The largest absolute Gasteiger partial charge is 0.378 e. The molecule has 1 aliphatic heterocycles. The van der Waals surface area contributed by atoms with Crippen molar-refractivity contribution < 1.29 is 4.79 Å². The van der Waals surface area contributed by atoms with Gasteiger partial charge < -0.3 is 10.2 Å². The summed E-state index contributed by atoms with van der Waals surface area (Å²) in [5.74, 6) is 0.151. The van der Waals surface area contributed by atoms with E-state index < -0.39 is 0 Å². The number of nitrogens with one attached hydrogen (secondary N) is 1. The summed E-state index contributed by atoms with van der Waals surface area (Å²) in [5, 5.41) is 12.0. The molecule has 1 N–H and O–H groups in total. The van der Waals surface area contributed by atoms with Gasteiger partial charge in [0.15, 0.2) is 5.11 Å². The number of hydrogen-bond acceptors (Lipinski definition) is 5. The van der Waals surface area contributed by atoms with Crippen molar-refractivity contribution in [2.45, 2.75) is 19.9 Å². The van der Waals surface area contributed by atoms with E-state index in [1.54, 1.807) is 4.90 Å². The van der Waals surface area contributed by atoms with Gasteiger partial charge in [-0.15, -0.1) is 0 Å². The van der Waals surface area contributed by atoms with Crippen molar-refractivity contribution in [2.24, 2.45) is 16.1 Å². The van der Waals surface area contributed by atoms with Crippen molar-refractivity contribution in [3.8, 4) is 0 Å². The fourth-order valence-corrected chi connectivity index (χ4v) is 3.12. The molecule has 1 amide bonds. The Labute approximate surface area is 164 Å².